The van der Waals surface area contributed by atoms with Gasteiger partial charge in [-0.2, -0.15) is 0 Å². The summed E-state index contributed by atoms with van der Waals surface area (Å²) in [7, 11) is 1.99. The summed E-state index contributed by atoms with van der Waals surface area (Å²) in [5, 5.41) is 9.61. The van der Waals surface area contributed by atoms with Crippen molar-refractivity contribution in [1.82, 2.24) is 0 Å². The number of aromatic carboxylic acids is 1. The number of hydrogen-bond acceptors (Lipinski definition) is 4. The van der Waals surface area contributed by atoms with Crippen molar-refractivity contribution >= 4 is 23.4 Å². The van der Waals surface area contributed by atoms with Crippen molar-refractivity contribution in [3.05, 3.63) is 11.8 Å². The van der Waals surface area contributed by atoms with Crippen LogP contribution in [0.5, 0.6) is 0 Å². The molecule has 1 spiro atoms. The fourth-order valence-corrected chi connectivity index (χ4v) is 3.36. The van der Waals surface area contributed by atoms with Crippen LogP contribution in [-0.2, 0) is 0 Å². The Morgan fingerprint density at radius 2 is 2.40 bits per heavy atom. The Morgan fingerprint density at radius 3 is 3.00 bits per heavy atom. The predicted molar refractivity (Wildman–Crippen MR) is 56.8 cm³/mol. The summed E-state index contributed by atoms with van der Waals surface area (Å²) in [5.74, 6) is -0.958. The zero-order chi connectivity index (χ0) is 10.6. The molecule has 1 aliphatic heterocycles. The van der Waals surface area contributed by atoms with Crippen LogP contribution in [0, 0.1) is 0 Å². The van der Waals surface area contributed by atoms with Crippen LogP contribution in [0.3, 0.4) is 0 Å². The maximum Gasteiger partial charge on any atom is 0.371 e. The van der Waals surface area contributed by atoms with Crippen LogP contribution in [-0.4, -0.2) is 29.4 Å². The number of fused-ring (bicyclic) bond motifs is 1. The third-order valence-corrected chi connectivity index (χ3v) is 4.39. The van der Waals surface area contributed by atoms with Crippen molar-refractivity contribution in [1.29, 1.82) is 0 Å². The molecule has 1 aromatic heterocycles. The lowest BCUT2D eigenvalue weighted by Crippen LogP contribution is -2.31. The van der Waals surface area contributed by atoms with Crippen LogP contribution in [0.15, 0.2) is 15.6 Å². The maximum absolute atomic E-state index is 10.8. The Bertz CT molecular complexity index is 436. The van der Waals surface area contributed by atoms with Crippen LogP contribution in [0.4, 0.5) is 5.69 Å². The van der Waals surface area contributed by atoms with Crippen molar-refractivity contribution in [2.75, 3.05) is 18.5 Å². The first-order valence-corrected chi connectivity index (χ1v) is 5.69. The van der Waals surface area contributed by atoms with Gasteiger partial charge in [-0.1, -0.05) is 11.8 Å². The minimum absolute atomic E-state index is 0.0389. The summed E-state index contributed by atoms with van der Waals surface area (Å²) in [6.07, 6.45) is 2.40. The average Bonchev–Trinajstić information content (AvgIpc) is 2.76. The number of hydrogen-bond donors (Lipinski definition) is 1. The molecule has 1 fully saturated rings. The van der Waals surface area contributed by atoms with Gasteiger partial charge in [-0.15, -0.1) is 0 Å². The van der Waals surface area contributed by atoms with Gasteiger partial charge in [0.15, 0.2) is 5.09 Å². The van der Waals surface area contributed by atoms with Crippen molar-refractivity contribution in [2.45, 2.75) is 22.7 Å². The SMILES string of the molecule is CN1CC2(CC2)Sc2oc(C(=O)O)cc21. The number of anilines is 1. The molecule has 1 aliphatic carbocycles. The number of nitrogens with zero attached hydrogens (tertiary/aromatic N) is 1. The minimum Gasteiger partial charge on any atom is -0.475 e. The van der Waals surface area contributed by atoms with Gasteiger partial charge in [-0.3, -0.25) is 0 Å². The number of carboxylic acids is 1. The van der Waals surface area contributed by atoms with E-state index >= 15 is 0 Å². The molecule has 0 radical (unpaired) electrons. The monoisotopic (exact) mass is 225 g/mol. The fraction of sp³-hybridized carbons (Fsp3) is 0.500. The Balaban J connectivity index is 2.02. The van der Waals surface area contributed by atoms with Crippen LogP contribution in [0.2, 0.25) is 0 Å². The lowest BCUT2D eigenvalue weighted by molar-refractivity contribution is 0.0656. The minimum atomic E-state index is -0.997. The Labute approximate surface area is 91.2 Å². The fourth-order valence-electron chi connectivity index (χ4n) is 1.96. The molecule has 4 nitrogen and oxygen atoms in total. The second kappa shape index (κ2) is 2.72. The first kappa shape index (κ1) is 9.15. The molecule has 1 aromatic rings. The summed E-state index contributed by atoms with van der Waals surface area (Å²) in [4.78, 5) is 12.9. The first-order chi connectivity index (χ1) is 7.10. The van der Waals surface area contributed by atoms with Gasteiger partial charge in [0, 0.05) is 24.4 Å². The molecule has 1 N–H and O–H groups in total. The van der Waals surface area contributed by atoms with E-state index in [0.717, 1.165) is 17.3 Å². The summed E-state index contributed by atoms with van der Waals surface area (Å²) >= 11 is 1.70. The van der Waals surface area contributed by atoms with E-state index in [0.29, 0.717) is 4.75 Å². The molecule has 1 saturated carbocycles. The summed E-state index contributed by atoms with van der Waals surface area (Å²) in [5.41, 5.74) is 0.912. The molecule has 15 heavy (non-hydrogen) atoms. The second-order valence-corrected chi connectivity index (χ2v) is 5.67. The van der Waals surface area contributed by atoms with Crippen molar-refractivity contribution in [3.8, 4) is 0 Å². The van der Waals surface area contributed by atoms with Crippen LogP contribution < -0.4 is 4.90 Å². The van der Waals surface area contributed by atoms with Gasteiger partial charge in [0.05, 0.1) is 5.69 Å². The highest BCUT2D eigenvalue weighted by molar-refractivity contribution is 8.01. The third kappa shape index (κ3) is 1.33. The van der Waals surface area contributed by atoms with E-state index < -0.39 is 5.97 Å². The molecule has 0 atom stereocenters. The molecule has 0 amide bonds. The van der Waals surface area contributed by atoms with Crippen LogP contribution in [0.25, 0.3) is 0 Å². The molecule has 0 bridgehead atoms. The lowest BCUT2D eigenvalue weighted by Gasteiger charge is -2.29. The van der Waals surface area contributed by atoms with Crippen molar-refractivity contribution < 1.29 is 14.3 Å². The first-order valence-electron chi connectivity index (χ1n) is 4.87. The highest BCUT2D eigenvalue weighted by Gasteiger charge is 2.49. The normalized spacial score (nSPS) is 21.5. The number of thioether (sulfide) groups is 1. The highest BCUT2D eigenvalue weighted by Crippen LogP contribution is 2.57. The third-order valence-electron chi connectivity index (χ3n) is 2.94. The van der Waals surface area contributed by atoms with E-state index in [9.17, 15) is 4.79 Å². The van der Waals surface area contributed by atoms with Crippen molar-refractivity contribution in [2.24, 2.45) is 0 Å². The standard InChI is InChI=1S/C10H11NO3S/c1-11-5-10(2-3-10)15-9-6(11)4-7(14-9)8(12)13/h4H,2-3,5H2,1H3,(H,12,13). The van der Waals surface area contributed by atoms with Crippen LogP contribution in [0.1, 0.15) is 23.4 Å². The Hall–Kier alpha value is -1.10. The van der Waals surface area contributed by atoms with E-state index in [1.54, 1.807) is 17.8 Å². The molecule has 0 aromatic carbocycles. The average molecular weight is 225 g/mol. The van der Waals surface area contributed by atoms with Gasteiger partial charge < -0.3 is 14.4 Å². The van der Waals surface area contributed by atoms with Crippen molar-refractivity contribution in [3.63, 3.8) is 0 Å². The molecule has 0 saturated heterocycles. The predicted octanol–water partition coefficient (Wildman–Crippen LogP) is 2.05. The second-order valence-electron chi connectivity index (χ2n) is 4.23. The summed E-state index contributed by atoms with van der Waals surface area (Å²) < 4.78 is 5.64. The number of carboxylic acid groups (broad SMARTS) is 1. The smallest absolute Gasteiger partial charge is 0.371 e. The van der Waals surface area contributed by atoms with E-state index in [4.69, 9.17) is 9.52 Å². The van der Waals surface area contributed by atoms with E-state index in [2.05, 4.69) is 4.90 Å². The summed E-state index contributed by atoms with van der Waals surface area (Å²) in [6.45, 7) is 0.989. The largest absolute Gasteiger partial charge is 0.475 e. The molecule has 2 heterocycles. The molecule has 80 valence electrons. The molecular formula is C10H11NO3S. The van der Waals surface area contributed by atoms with E-state index in [1.165, 1.54) is 12.8 Å². The number of rotatable bonds is 1. The van der Waals surface area contributed by atoms with E-state index in [-0.39, 0.29) is 5.76 Å². The van der Waals surface area contributed by atoms with Gasteiger partial charge in [-0.05, 0) is 12.8 Å². The topological polar surface area (TPSA) is 53.7 Å². The maximum atomic E-state index is 10.8. The molecule has 5 heteroatoms. The van der Waals surface area contributed by atoms with Gasteiger partial charge in [0.1, 0.15) is 0 Å². The van der Waals surface area contributed by atoms with E-state index in [1.807, 2.05) is 7.05 Å². The lowest BCUT2D eigenvalue weighted by atomic mass is 10.3. The quantitative estimate of drug-likeness (QED) is 0.792. The molecular weight excluding hydrogens is 214 g/mol. The van der Waals surface area contributed by atoms with Gasteiger partial charge in [-0.25, -0.2) is 4.79 Å². The van der Waals surface area contributed by atoms with Gasteiger partial charge in [0.2, 0.25) is 5.76 Å². The zero-order valence-corrected chi connectivity index (χ0v) is 9.13. The Kier molecular flexibility index (Phi) is 1.66. The van der Waals surface area contributed by atoms with Gasteiger partial charge >= 0.3 is 5.97 Å². The highest BCUT2D eigenvalue weighted by atomic mass is 32.2. The number of carbonyl (C=O) groups is 1. The molecule has 0 unspecified atom stereocenters. The Morgan fingerprint density at radius 1 is 1.67 bits per heavy atom. The van der Waals surface area contributed by atoms with Crippen LogP contribution >= 0.6 is 11.8 Å². The molecule has 2 aliphatic rings. The number of furan rings is 1. The molecule has 3 rings (SSSR count). The van der Waals surface area contributed by atoms with Gasteiger partial charge in [0.25, 0.3) is 0 Å². The summed E-state index contributed by atoms with van der Waals surface area (Å²) in [6, 6.07) is 1.61. The zero-order valence-electron chi connectivity index (χ0n) is 8.32.